The molecule has 0 saturated heterocycles. The normalized spacial score (nSPS) is 10.6. The van der Waals surface area contributed by atoms with Gasteiger partial charge in [-0.2, -0.15) is 10.2 Å². The van der Waals surface area contributed by atoms with E-state index >= 15 is 0 Å². The van der Waals surface area contributed by atoms with Crippen molar-refractivity contribution in [2.45, 2.75) is 13.5 Å². The molecule has 2 aromatic rings. The van der Waals surface area contributed by atoms with Gasteiger partial charge >= 0.3 is 0 Å². The predicted octanol–water partition coefficient (Wildman–Crippen LogP) is -0.0628. The van der Waals surface area contributed by atoms with Crippen molar-refractivity contribution in [1.82, 2.24) is 24.9 Å². The van der Waals surface area contributed by atoms with Gasteiger partial charge in [-0.05, 0) is 13.0 Å². The lowest BCUT2D eigenvalue weighted by Gasteiger charge is -2.03. The third-order valence-corrected chi connectivity index (χ3v) is 2.63. The highest BCUT2D eigenvalue weighted by Gasteiger charge is 2.09. The highest BCUT2D eigenvalue weighted by Crippen LogP contribution is 2.01. The number of aryl methyl sites for hydroxylation is 2. The van der Waals surface area contributed by atoms with Crippen LogP contribution in [0.5, 0.6) is 0 Å². The number of nitrogens with one attached hydrogen (secondary N) is 1. The molecule has 1 amide bonds. The minimum atomic E-state index is -0.182. The van der Waals surface area contributed by atoms with E-state index in [9.17, 15) is 4.79 Å². The van der Waals surface area contributed by atoms with Crippen molar-refractivity contribution >= 4 is 11.6 Å². The van der Waals surface area contributed by atoms with Gasteiger partial charge in [0.2, 0.25) is 0 Å². The van der Waals surface area contributed by atoms with E-state index in [4.69, 9.17) is 5.73 Å². The Labute approximate surface area is 105 Å². The minimum absolute atomic E-state index is 0.182. The predicted molar refractivity (Wildman–Crippen MR) is 66.9 cm³/mol. The zero-order valence-electron chi connectivity index (χ0n) is 10.4. The van der Waals surface area contributed by atoms with Crippen LogP contribution in [0.1, 0.15) is 16.2 Å². The number of nitrogens with zero attached hydrogens (tertiary/aromatic N) is 4. The highest BCUT2D eigenvalue weighted by atomic mass is 16.1. The van der Waals surface area contributed by atoms with Crippen LogP contribution in [0.4, 0.5) is 5.69 Å². The number of hydrogen-bond donors (Lipinski definition) is 2. The average molecular weight is 248 g/mol. The number of hydrogen-bond acceptors (Lipinski definition) is 4. The van der Waals surface area contributed by atoms with Crippen molar-refractivity contribution < 1.29 is 4.79 Å². The lowest BCUT2D eigenvalue weighted by atomic mass is 10.3. The molecule has 0 aliphatic heterocycles. The van der Waals surface area contributed by atoms with Crippen LogP contribution in [0.3, 0.4) is 0 Å². The van der Waals surface area contributed by atoms with Crippen molar-refractivity contribution in [3.63, 3.8) is 0 Å². The molecule has 0 atom stereocenters. The third kappa shape index (κ3) is 2.68. The summed E-state index contributed by atoms with van der Waals surface area (Å²) in [7, 11) is 1.80. The summed E-state index contributed by atoms with van der Waals surface area (Å²) >= 11 is 0. The number of anilines is 1. The van der Waals surface area contributed by atoms with Crippen LogP contribution in [0.15, 0.2) is 18.5 Å². The van der Waals surface area contributed by atoms with Gasteiger partial charge in [0.05, 0.1) is 18.4 Å². The SMILES string of the molecule is Cc1cc(C(=O)NCCn2cc(N)cn2)nn1C. The molecule has 7 nitrogen and oxygen atoms in total. The zero-order valence-corrected chi connectivity index (χ0v) is 10.4. The molecule has 0 saturated carbocycles. The van der Waals surface area contributed by atoms with Gasteiger partial charge in [-0.1, -0.05) is 0 Å². The summed E-state index contributed by atoms with van der Waals surface area (Å²) in [5.41, 5.74) is 7.52. The van der Waals surface area contributed by atoms with Crippen LogP contribution in [0, 0.1) is 6.92 Å². The van der Waals surface area contributed by atoms with Gasteiger partial charge in [0.15, 0.2) is 0 Å². The second-order valence-corrected chi connectivity index (χ2v) is 4.09. The van der Waals surface area contributed by atoms with E-state index in [0.29, 0.717) is 24.5 Å². The Morgan fingerprint density at radius 2 is 2.33 bits per heavy atom. The number of amides is 1. The fraction of sp³-hybridized carbons (Fsp3) is 0.364. The Balaban J connectivity index is 1.85. The van der Waals surface area contributed by atoms with Crippen LogP contribution >= 0.6 is 0 Å². The number of rotatable bonds is 4. The molecule has 0 unspecified atom stereocenters. The Bertz CT molecular complexity index is 536. The van der Waals surface area contributed by atoms with Crippen molar-refractivity contribution in [3.05, 3.63) is 29.8 Å². The maximum absolute atomic E-state index is 11.8. The molecule has 2 aromatic heterocycles. The second kappa shape index (κ2) is 4.91. The molecule has 96 valence electrons. The maximum atomic E-state index is 11.8. The fourth-order valence-electron chi connectivity index (χ4n) is 1.55. The summed E-state index contributed by atoms with van der Waals surface area (Å²) in [4.78, 5) is 11.8. The molecule has 3 N–H and O–H groups in total. The van der Waals surface area contributed by atoms with Gasteiger partial charge in [0, 0.05) is 25.5 Å². The van der Waals surface area contributed by atoms with Gasteiger partial charge in [-0.25, -0.2) is 0 Å². The van der Waals surface area contributed by atoms with Gasteiger partial charge in [0.25, 0.3) is 5.91 Å². The first-order valence-electron chi connectivity index (χ1n) is 5.63. The Morgan fingerprint density at radius 3 is 2.89 bits per heavy atom. The summed E-state index contributed by atoms with van der Waals surface area (Å²) in [6, 6.07) is 1.75. The summed E-state index contributed by atoms with van der Waals surface area (Å²) in [5, 5.41) is 10.9. The van der Waals surface area contributed by atoms with Gasteiger partial charge in [-0.15, -0.1) is 0 Å². The second-order valence-electron chi connectivity index (χ2n) is 4.09. The van der Waals surface area contributed by atoms with E-state index in [1.54, 1.807) is 34.9 Å². The largest absolute Gasteiger partial charge is 0.396 e. The molecular weight excluding hydrogens is 232 g/mol. The minimum Gasteiger partial charge on any atom is -0.396 e. The molecule has 2 heterocycles. The quantitative estimate of drug-likeness (QED) is 0.793. The maximum Gasteiger partial charge on any atom is 0.271 e. The molecule has 7 heteroatoms. The van der Waals surface area contributed by atoms with Crippen molar-refractivity contribution in [2.24, 2.45) is 7.05 Å². The summed E-state index contributed by atoms with van der Waals surface area (Å²) < 4.78 is 3.35. The fourth-order valence-corrected chi connectivity index (χ4v) is 1.55. The van der Waals surface area contributed by atoms with Crippen LogP contribution in [0.25, 0.3) is 0 Å². The molecule has 0 aromatic carbocycles. The monoisotopic (exact) mass is 248 g/mol. The number of nitrogen functional groups attached to an aromatic ring is 1. The Morgan fingerprint density at radius 1 is 1.56 bits per heavy atom. The Kier molecular flexibility index (Phi) is 3.31. The van der Waals surface area contributed by atoms with Crippen LogP contribution in [0.2, 0.25) is 0 Å². The average Bonchev–Trinajstić information content (AvgIpc) is 2.87. The van der Waals surface area contributed by atoms with E-state index in [1.807, 2.05) is 6.92 Å². The molecule has 0 bridgehead atoms. The van der Waals surface area contributed by atoms with Gasteiger partial charge < -0.3 is 11.1 Å². The topological polar surface area (TPSA) is 90.8 Å². The van der Waals surface area contributed by atoms with Gasteiger partial charge in [-0.3, -0.25) is 14.2 Å². The van der Waals surface area contributed by atoms with Crippen molar-refractivity contribution in [1.29, 1.82) is 0 Å². The zero-order chi connectivity index (χ0) is 13.1. The lowest BCUT2D eigenvalue weighted by Crippen LogP contribution is -2.27. The first-order chi connectivity index (χ1) is 8.56. The summed E-state index contributed by atoms with van der Waals surface area (Å²) in [5.74, 6) is -0.182. The highest BCUT2D eigenvalue weighted by molar-refractivity contribution is 5.92. The number of aromatic nitrogens is 4. The summed E-state index contributed by atoms with van der Waals surface area (Å²) in [6.07, 6.45) is 3.29. The van der Waals surface area contributed by atoms with E-state index in [2.05, 4.69) is 15.5 Å². The van der Waals surface area contributed by atoms with Crippen LogP contribution in [-0.4, -0.2) is 32.0 Å². The molecule has 0 fully saturated rings. The lowest BCUT2D eigenvalue weighted by molar-refractivity contribution is 0.0946. The first kappa shape index (κ1) is 12.2. The van der Waals surface area contributed by atoms with E-state index in [0.717, 1.165) is 5.69 Å². The molecule has 18 heavy (non-hydrogen) atoms. The third-order valence-electron chi connectivity index (χ3n) is 2.63. The van der Waals surface area contributed by atoms with E-state index in [-0.39, 0.29) is 5.91 Å². The number of nitrogens with two attached hydrogens (primary N) is 1. The number of carbonyl (C=O) groups is 1. The molecule has 0 spiro atoms. The molecule has 2 rings (SSSR count). The summed E-state index contributed by atoms with van der Waals surface area (Å²) in [6.45, 7) is 2.96. The molecule has 0 aliphatic carbocycles. The molecular formula is C11H16N6O. The smallest absolute Gasteiger partial charge is 0.271 e. The standard InChI is InChI=1S/C11H16N6O/c1-8-5-10(15-16(8)2)11(18)13-3-4-17-7-9(12)6-14-17/h5-7H,3-4,12H2,1-2H3,(H,13,18). The van der Waals surface area contributed by atoms with Crippen LogP contribution in [-0.2, 0) is 13.6 Å². The first-order valence-corrected chi connectivity index (χ1v) is 5.63. The van der Waals surface area contributed by atoms with E-state index < -0.39 is 0 Å². The molecule has 0 aliphatic rings. The Hall–Kier alpha value is -2.31. The van der Waals surface area contributed by atoms with Gasteiger partial charge in [0.1, 0.15) is 5.69 Å². The number of carbonyl (C=O) groups excluding carboxylic acids is 1. The van der Waals surface area contributed by atoms with Crippen molar-refractivity contribution in [3.8, 4) is 0 Å². The van der Waals surface area contributed by atoms with Crippen molar-refractivity contribution in [2.75, 3.05) is 12.3 Å². The molecule has 0 radical (unpaired) electrons. The van der Waals surface area contributed by atoms with Crippen LogP contribution < -0.4 is 11.1 Å². The van der Waals surface area contributed by atoms with E-state index in [1.165, 1.54) is 0 Å².